The smallest absolute Gasteiger partial charge is 0.0465 e. The minimum Gasteiger partial charge on any atom is -0.310 e. The van der Waals surface area contributed by atoms with E-state index in [1.165, 1.54) is 61.2 Å². The summed E-state index contributed by atoms with van der Waals surface area (Å²) >= 11 is 0. The molecule has 60 heavy (non-hydrogen) atoms. The molecular formula is C58H46N2. The summed E-state index contributed by atoms with van der Waals surface area (Å²) in [5, 5.41) is 0. The molecule has 9 aromatic rings. The molecule has 9 aromatic carbocycles. The third kappa shape index (κ3) is 6.86. The Morgan fingerprint density at radius 1 is 0.283 bits per heavy atom. The van der Waals surface area contributed by atoms with Crippen LogP contribution >= 0.6 is 0 Å². The molecule has 0 heterocycles. The van der Waals surface area contributed by atoms with E-state index in [0.29, 0.717) is 0 Å². The molecule has 0 unspecified atom stereocenters. The summed E-state index contributed by atoms with van der Waals surface area (Å²) in [5.74, 6) is 0. The van der Waals surface area contributed by atoms with Crippen LogP contribution in [-0.2, 0) is 5.41 Å². The van der Waals surface area contributed by atoms with Gasteiger partial charge in [0.25, 0.3) is 0 Å². The lowest BCUT2D eigenvalue weighted by Gasteiger charge is -2.29. The lowest BCUT2D eigenvalue weighted by Crippen LogP contribution is -2.17. The van der Waals surface area contributed by atoms with Gasteiger partial charge < -0.3 is 9.80 Å². The van der Waals surface area contributed by atoms with E-state index in [1.54, 1.807) is 0 Å². The van der Waals surface area contributed by atoms with Gasteiger partial charge in [0.1, 0.15) is 0 Å². The van der Waals surface area contributed by atoms with Crippen LogP contribution in [0.3, 0.4) is 0 Å². The van der Waals surface area contributed by atoms with Crippen molar-refractivity contribution in [3.8, 4) is 44.5 Å². The van der Waals surface area contributed by atoms with E-state index in [4.69, 9.17) is 0 Å². The van der Waals surface area contributed by atoms with E-state index in [-0.39, 0.29) is 5.41 Å². The van der Waals surface area contributed by atoms with E-state index < -0.39 is 0 Å². The maximum absolute atomic E-state index is 2.42. The second-order valence-electron chi connectivity index (χ2n) is 16.3. The molecule has 1 aliphatic rings. The molecule has 0 saturated carbocycles. The van der Waals surface area contributed by atoms with Gasteiger partial charge in [0.2, 0.25) is 0 Å². The maximum Gasteiger partial charge on any atom is 0.0465 e. The first-order chi connectivity index (χ1) is 29.4. The van der Waals surface area contributed by atoms with Gasteiger partial charge in [-0.2, -0.15) is 0 Å². The van der Waals surface area contributed by atoms with Gasteiger partial charge in [0.05, 0.1) is 0 Å². The SMILES string of the molecule is Cc1ccc(N(c2ccc(-c3cccc(-c4ccccc4)c3)cc2)c2ccc3c(c2)C(C)(C)c2cc(N(c4ccccc4)c4ccc(-c5ccccc5)cc4)ccc2-3)cc1. The van der Waals surface area contributed by atoms with Gasteiger partial charge in [0, 0.05) is 39.5 Å². The Morgan fingerprint density at radius 3 is 1.08 bits per heavy atom. The Labute approximate surface area is 354 Å². The van der Waals surface area contributed by atoms with Gasteiger partial charge in [-0.1, -0.05) is 165 Å². The predicted octanol–water partition coefficient (Wildman–Crippen LogP) is 16.2. The van der Waals surface area contributed by atoms with Crippen molar-refractivity contribution in [3.63, 3.8) is 0 Å². The second-order valence-corrected chi connectivity index (χ2v) is 16.3. The highest BCUT2D eigenvalue weighted by Crippen LogP contribution is 2.52. The highest BCUT2D eigenvalue weighted by atomic mass is 15.1. The molecule has 10 rings (SSSR count). The quantitative estimate of drug-likeness (QED) is 0.144. The Bertz CT molecular complexity index is 2910. The second kappa shape index (κ2) is 15.4. The fourth-order valence-electron chi connectivity index (χ4n) is 8.90. The minimum atomic E-state index is -0.233. The zero-order valence-corrected chi connectivity index (χ0v) is 34.3. The van der Waals surface area contributed by atoms with Crippen LogP contribution in [-0.4, -0.2) is 0 Å². The summed E-state index contributed by atoms with van der Waals surface area (Å²) in [4.78, 5) is 4.77. The van der Waals surface area contributed by atoms with E-state index in [0.717, 1.165) is 34.1 Å². The van der Waals surface area contributed by atoms with E-state index in [9.17, 15) is 0 Å². The first kappa shape index (κ1) is 36.9. The molecule has 0 amide bonds. The largest absolute Gasteiger partial charge is 0.310 e. The zero-order chi connectivity index (χ0) is 40.6. The Balaban J connectivity index is 1.01. The van der Waals surface area contributed by atoms with Crippen LogP contribution < -0.4 is 9.80 Å². The van der Waals surface area contributed by atoms with Crippen molar-refractivity contribution in [2.45, 2.75) is 26.2 Å². The van der Waals surface area contributed by atoms with E-state index >= 15 is 0 Å². The summed E-state index contributed by atoms with van der Waals surface area (Å²) in [7, 11) is 0. The number of nitrogens with zero attached hydrogens (tertiary/aromatic N) is 2. The van der Waals surface area contributed by atoms with Gasteiger partial charge in [-0.15, -0.1) is 0 Å². The predicted molar refractivity (Wildman–Crippen MR) is 254 cm³/mol. The molecule has 0 aromatic heterocycles. The molecule has 0 saturated heterocycles. The summed E-state index contributed by atoms with van der Waals surface area (Å²) < 4.78 is 0. The van der Waals surface area contributed by atoms with Crippen molar-refractivity contribution in [3.05, 3.63) is 241 Å². The van der Waals surface area contributed by atoms with Crippen LogP contribution in [0.4, 0.5) is 34.1 Å². The molecule has 0 radical (unpaired) electrons. The maximum atomic E-state index is 2.42. The first-order valence-corrected chi connectivity index (χ1v) is 20.8. The molecule has 2 nitrogen and oxygen atoms in total. The number of aryl methyl sites for hydroxylation is 1. The van der Waals surface area contributed by atoms with Gasteiger partial charge in [0.15, 0.2) is 0 Å². The molecule has 2 heteroatoms. The third-order valence-electron chi connectivity index (χ3n) is 12.1. The van der Waals surface area contributed by atoms with Crippen LogP contribution in [0.15, 0.2) is 224 Å². The molecule has 0 atom stereocenters. The van der Waals surface area contributed by atoms with Gasteiger partial charge in [-0.05, 0) is 141 Å². The van der Waals surface area contributed by atoms with Crippen LogP contribution in [0.2, 0.25) is 0 Å². The van der Waals surface area contributed by atoms with Crippen molar-refractivity contribution >= 4 is 34.1 Å². The molecule has 0 bridgehead atoms. The number of para-hydroxylation sites is 1. The standard InChI is InChI=1S/C58H46N2/c1-41-22-28-49(29-23-41)60(51-32-26-45(27-33-51)47-19-13-18-46(38-47)43-16-9-5-10-17-43)53-35-37-55-54-36-34-52(39-56(54)58(2,3)57(55)40-53)59(48-20-11-6-12-21-48)50-30-24-44(25-31-50)42-14-7-4-8-15-42/h4-40H,1-3H3. The van der Waals surface area contributed by atoms with E-state index in [1.807, 2.05) is 0 Å². The van der Waals surface area contributed by atoms with Crippen LogP contribution in [0.25, 0.3) is 44.5 Å². The molecule has 0 aliphatic heterocycles. The first-order valence-electron chi connectivity index (χ1n) is 20.8. The molecule has 288 valence electrons. The fourth-order valence-corrected chi connectivity index (χ4v) is 8.90. The number of anilines is 6. The highest BCUT2D eigenvalue weighted by molar-refractivity contribution is 5.89. The topological polar surface area (TPSA) is 6.48 Å². The van der Waals surface area contributed by atoms with Crippen LogP contribution in [0.1, 0.15) is 30.5 Å². The monoisotopic (exact) mass is 770 g/mol. The lowest BCUT2D eigenvalue weighted by atomic mass is 9.82. The number of fused-ring (bicyclic) bond motifs is 3. The Kier molecular flexibility index (Phi) is 9.47. The number of hydrogen-bond acceptors (Lipinski definition) is 2. The van der Waals surface area contributed by atoms with Crippen molar-refractivity contribution in [1.82, 2.24) is 0 Å². The third-order valence-corrected chi connectivity index (χ3v) is 12.1. The average molecular weight is 771 g/mol. The lowest BCUT2D eigenvalue weighted by molar-refractivity contribution is 0.660. The number of hydrogen-bond donors (Lipinski definition) is 0. The summed E-state index contributed by atoms with van der Waals surface area (Å²) in [6, 6.07) is 81.6. The van der Waals surface area contributed by atoms with Crippen LogP contribution in [0, 0.1) is 6.92 Å². The molecule has 0 N–H and O–H groups in total. The average Bonchev–Trinajstić information content (AvgIpc) is 3.53. The highest BCUT2D eigenvalue weighted by Gasteiger charge is 2.37. The number of rotatable bonds is 9. The summed E-state index contributed by atoms with van der Waals surface area (Å²) in [6.07, 6.45) is 0. The molecule has 1 aliphatic carbocycles. The van der Waals surface area contributed by atoms with Crippen molar-refractivity contribution in [2.24, 2.45) is 0 Å². The zero-order valence-electron chi connectivity index (χ0n) is 34.3. The van der Waals surface area contributed by atoms with Gasteiger partial charge in [-0.3, -0.25) is 0 Å². The molecule has 0 spiro atoms. The normalized spacial score (nSPS) is 12.4. The Hall–Kier alpha value is -7.42. The Morgan fingerprint density at radius 2 is 0.617 bits per heavy atom. The molecular weight excluding hydrogens is 725 g/mol. The fraction of sp³-hybridized carbons (Fsp3) is 0.0690. The van der Waals surface area contributed by atoms with Gasteiger partial charge >= 0.3 is 0 Å². The minimum absolute atomic E-state index is 0.233. The molecule has 0 fully saturated rings. The number of benzene rings is 9. The van der Waals surface area contributed by atoms with Crippen molar-refractivity contribution in [2.75, 3.05) is 9.80 Å². The summed E-state index contributed by atoms with van der Waals surface area (Å²) in [5.41, 5.74) is 20.3. The van der Waals surface area contributed by atoms with Crippen LogP contribution in [0.5, 0.6) is 0 Å². The van der Waals surface area contributed by atoms with E-state index in [2.05, 4.69) is 255 Å². The van der Waals surface area contributed by atoms with Crippen molar-refractivity contribution in [1.29, 1.82) is 0 Å². The van der Waals surface area contributed by atoms with Gasteiger partial charge in [-0.25, -0.2) is 0 Å². The summed E-state index contributed by atoms with van der Waals surface area (Å²) in [6.45, 7) is 6.90. The van der Waals surface area contributed by atoms with Crippen molar-refractivity contribution < 1.29 is 0 Å².